The number of carboxylic acids is 1. The standard InChI is InChI=1S/C14H16N4O3/c1-8(2)11-16-12(18-17-11)13(19)15-7-9-3-5-10(6-4-9)14(20)21/h3-6,8H,7H2,1-2H3,(H,15,19)(H,20,21)(H,16,17,18). The van der Waals surface area contributed by atoms with Crippen molar-refractivity contribution in [2.75, 3.05) is 0 Å². The molecule has 21 heavy (non-hydrogen) atoms. The van der Waals surface area contributed by atoms with Crippen LogP contribution in [0.1, 0.15) is 52.1 Å². The molecule has 1 aromatic heterocycles. The highest BCUT2D eigenvalue weighted by molar-refractivity contribution is 5.90. The number of aromatic carboxylic acids is 1. The molecule has 1 amide bonds. The molecule has 0 saturated carbocycles. The highest BCUT2D eigenvalue weighted by Gasteiger charge is 2.13. The summed E-state index contributed by atoms with van der Waals surface area (Å²) in [5.74, 6) is -0.428. The molecular weight excluding hydrogens is 272 g/mol. The van der Waals surface area contributed by atoms with Gasteiger partial charge in [0, 0.05) is 12.5 Å². The first-order valence-corrected chi connectivity index (χ1v) is 6.50. The fourth-order valence-electron chi connectivity index (χ4n) is 1.66. The van der Waals surface area contributed by atoms with E-state index in [0.717, 1.165) is 5.56 Å². The Balaban J connectivity index is 1.95. The van der Waals surface area contributed by atoms with Gasteiger partial charge in [0.05, 0.1) is 5.56 Å². The summed E-state index contributed by atoms with van der Waals surface area (Å²) in [6.45, 7) is 4.18. The number of rotatable bonds is 5. The smallest absolute Gasteiger partial charge is 0.335 e. The lowest BCUT2D eigenvalue weighted by atomic mass is 10.1. The van der Waals surface area contributed by atoms with Crippen molar-refractivity contribution in [2.24, 2.45) is 0 Å². The van der Waals surface area contributed by atoms with E-state index in [1.54, 1.807) is 12.1 Å². The van der Waals surface area contributed by atoms with Gasteiger partial charge in [0.15, 0.2) is 0 Å². The third-order valence-electron chi connectivity index (χ3n) is 2.91. The van der Waals surface area contributed by atoms with Crippen molar-refractivity contribution in [3.05, 3.63) is 47.0 Å². The third-order valence-corrected chi connectivity index (χ3v) is 2.91. The number of carbonyl (C=O) groups is 2. The van der Waals surface area contributed by atoms with Gasteiger partial charge < -0.3 is 10.4 Å². The minimum absolute atomic E-state index is 0.0980. The van der Waals surface area contributed by atoms with Gasteiger partial charge in [-0.1, -0.05) is 26.0 Å². The fourth-order valence-corrected chi connectivity index (χ4v) is 1.66. The van der Waals surface area contributed by atoms with E-state index in [0.29, 0.717) is 5.82 Å². The number of hydrogen-bond donors (Lipinski definition) is 3. The zero-order valence-corrected chi connectivity index (χ0v) is 11.8. The molecule has 0 spiro atoms. The Labute approximate surface area is 121 Å². The van der Waals surface area contributed by atoms with Crippen molar-refractivity contribution in [2.45, 2.75) is 26.3 Å². The van der Waals surface area contributed by atoms with E-state index in [-0.39, 0.29) is 29.8 Å². The molecule has 2 aromatic rings. The maximum Gasteiger partial charge on any atom is 0.335 e. The molecule has 2 rings (SSSR count). The minimum Gasteiger partial charge on any atom is -0.478 e. The first-order chi connectivity index (χ1) is 9.97. The molecule has 7 heteroatoms. The van der Waals surface area contributed by atoms with Crippen LogP contribution in [0.4, 0.5) is 0 Å². The second-order valence-electron chi connectivity index (χ2n) is 4.88. The van der Waals surface area contributed by atoms with Crippen molar-refractivity contribution in [3.63, 3.8) is 0 Å². The summed E-state index contributed by atoms with van der Waals surface area (Å²) in [5, 5.41) is 18.1. The van der Waals surface area contributed by atoms with Crippen molar-refractivity contribution in [1.29, 1.82) is 0 Å². The summed E-state index contributed by atoms with van der Waals surface area (Å²) >= 11 is 0. The number of H-pyrrole nitrogens is 1. The SMILES string of the molecule is CC(C)c1nc(C(=O)NCc2ccc(C(=O)O)cc2)n[nH]1. The Morgan fingerprint density at radius 3 is 2.48 bits per heavy atom. The maximum atomic E-state index is 11.9. The second kappa shape index (κ2) is 6.17. The molecule has 7 nitrogen and oxygen atoms in total. The Kier molecular flexibility index (Phi) is 4.32. The Morgan fingerprint density at radius 2 is 1.95 bits per heavy atom. The average molecular weight is 288 g/mol. The quantitative estimate of drug-likeness (QED) is 0.773. The van der Waals surface area contributed by atoms with Gasteiger partial charge in [-0.25, -0.2) is 9.78 Å². The minimum atomic E-state index is -0.979. The molecule has 110 valence electrons. The average Bonchev–Trinajstić information content (AvgIpc) is 2.95. The van der Waals surface area contributed by atoms with Crippen LogP contribution in [0.2, 0.25) is 0 Å². The second-order valence-corrected chi connectivity index (χ2v) is 4.88. The van der Waals surface area contributed by atoms with E-state index < -0.39 is 5.97 Å². The molecule has 0 fully saturated rings. The zero-order chi connectivity index (χ0) is 15.4. The monoisotopic (exact) mass is 288 g/mol. The number of hydrogen-bond acceptors (Lipinski definition) is 4. The Bertz CT molecular complexity index is 646. The van der Waals surface area contributed by atoms with Crippen molar-refractivity contribution >= 4 is 11.9 Å². The lowest BCUT2D eigenvalue weighted by molar-refractivity contribution is 0.0696. The number of benzene rings is 1. The highest BCUT2D eigenvalue weighted by Crippen LogP contribution is 2.08. The molecule has 1 heterocycles. The summed E-state index contributed by atoms with van der Waals surface area (Å²) in [6, 6.07) is 6.30. The van der Waals surface area contributed by atoms with Gasteiger partial charge in [-0.3, -0.25) is 9.89 Å². The molecule has 0 bridgehead atoms. The van der Waals surface area contributed by atoms with Crippen molar-refractivity contribution < 1.29 is 14.7 Å². The molecule has 1 aromatic carbocycles. The number of amides is 1. The van der Waals surface area contributed by atoms with Gasteiger partial charge in [0.25, 0.3) is 5.91 Å². The lowest BCUT2D eigenvalue weighted by Crippen LogP contribution is -2.24. The van der Waals surface area contributed by atoms with Crippen LogP contribution in [0, 0.1) is 0 Å². The first kappa shape index (κ1) is 14.7. The van der Waals surface area contributed by atoms with E-state index in [1.165, 1.54) is 12.1 Å². The van der Waals surface area contributed by atoms with Crippen LogP contribution >= 0.6 is 0 Å². The van der Waals surface area contributed by atoms with E-state index in [2.05, 4.69) is 20.5 Å². The molecule has 0 aliphatic heterocycles. The van der Waals surface area contributed by atoms with Gasteiger partial charge in [0.2, 0.25) is 5.82 Å². The van der Waals surface area contributed by atoms with Crippen LogP contribution in [0.25, 0.3) is 0 Å². The fraction of sp³-hybridized carbons (Fsp3) is 0.286. The number of aromatic amines is 1. The molecule has 3 N–H and O–H groups in total. The molecule has 0 atom stereocenters. The van der Waals surface area contributed by atoms with Crippen LogP contribution in [0.15, 0.2) is 24.3 Å². The van der Waals surface area contributed by atoms with Gasteiger partial charge in [0.1, 0.15) is 5.82 Å². The largest absolute Gasteiger partial charge is 0.478 e. The van der Waals surface area contributed by atoms with E-state index in [1.807, 2.05) is 13.8 Å². The third kappa shape index (κ3) is 3.65. The number of aromatic nitrogens is 3. The summed E-state index contributed by atoms with van der Waals surface area (Å²) < 4.78 is 0. The van der Waals surface area contributed by atoms with Crippen LogP contribution in [0.5, 0.6) is 0 Å². The molecular formula is C14H16N4O3. The number of nitrogens with one attached hydrogen (secondary N) is 2. The molecule has 0 radical (unpaired) electrons. The topological polar surface area (TPSA) is 108 Å². The van der Waals surface area contributed by atoms with E-state index in [4.69, 9.17) is 5.11 Å². The zero-order valence-electron chi connectivity index (χ0n) is 11.8. The normalized spacial score (nSPS) is 10.6. The summed E-state index contributed by atoms with van der Waals surface area (Å²) in [7, 11) is 0. The van der Waals surface area contributed by atoms with Crippen LogP contribution in [0.3, 0.4) is 0 Å². The predicted octanol–water partition coefficient (Wildman–Crippen LogP) is 1.56. The number of carbonyl (C=O) groups excluding carboxylic acids is 1. The number of carboxylic acid groups (broad SMARTS) is 1. The summed E-state index contributed by atoms with van der Waals surface area (Å²) in [5.41, 5.74) is 1.01. The molecule has 0 unspecified atom stereocenters. The molecule has 0 aliphatic rings. The van der Waals surface area contributed by atoms with Crippen LogP contribution < -0.4 is 5.32 Å². The van der Waals surface area contributed by atoms with Gasteiger partial charge in [-0.05, 0) is 17.7 Å². The van der Waals surface area contributed by atoms with Crippen LogP contribution in [-0.4, -0.2) is 32.2 Å². The van der Waals surface area contributed by atoms with Crippen LogP contribution in [-0.2, 0) is 6.54 Å². The van der Waals surface area contributed by atoms with Crippen molar-refractivity contribution in [1.82, 2.24) is 20.5 Å². The summed E-state index contributed by atoms with van der Waals surface area (Å²) in [4.78, 5) is 26.7. The maximum absolute atomic E-state index is 11.9. The highest BCUT2D eigenvalue weighted by atomic mass is 16.4. The Hall–Kier alpha value is -2.70. The van der Waals surface area contributed by atoms with Crippen molar-refractivity contribution in [3.8, 4) is 0 Å². The molecule has 0 aliphatic carbocycles. The van der Waals surface area contributed by atoms with Gasteiger partial charge in [-0.15, -0.1) is 5.10 Å². The van der Waals surface area contributed by atoms with Gasteiger partial charge in [-0.2, -0.15) is 0 Å². The lowest BCUT2D eigenvalue weighted by Gasteiger charge is -2.03. The van der Waals surface area contributed by atoms with E-state index >= 15 is 0 Å². The van der Waals surface area contributed by atoms with Gasteiger partial charge >= 0.3 is 5.97 Å². The predicted molar refractivity (Wildman–Crippen MR) is 75.0 cm³/mol. The Morgan fingerprint density at radius 1 is 1.29 bits per heavy atom. The number of nitrogens with zero attached hydrogens (tertiary/aromatic N) is 2. The summed E-state index contributed by atoms with van der Waals surface area (Å²) in [6.07, 6.45) is 0. The first-order valence-electron chi connectivity index (χ1n) is 6.50. The molecule has 0 saturated heterocycles. The van der Waals surface area contributed by atoms with E-state index in [9.17, 15) is 9.59 Å².